The maximum absolute atomic E-state index is 12.2. The highest BCUT2D eigenvalue weighted by Crippen LogP contribution is 2.34. The molecule has 1 aliphatic rings. The first-order valence-corrected chi connectivity index (χ1v) is 10.5. The lowest BCUT2D eigenvalue weighted by atomic mass is 10.1. The van der Waals surface area contributed by atoms with Gasteiger partial charge in [0.05, 0.1) is 12.0 Å². The number of fused-ring (bicyclic) bond motifs is 1. The zero-order valence-corrected chi connectivity index (χ0v) is 17.7. The highest BCUT2D eigenvalue weighted by Gasteiger charge is 2.15. The van der Waals surface area contributed by atoms with Crippen LogP contribution < -0.4 is 20.1 Å². The second-order valence-corrected chi connectivity index (χ2v) is 7.91. The van der Waals surface area contributed by atoms with E-state index in [1.807, 2.05) is 25.1 Å². The van der Waals surface area contributed by atoms with Crippen molar-refractivity contribution in [3.63, 3.8) is 0 Å². The van der Waals surface area contributed by atoms with E-state index in [0.29, 0.717) is 17.3 Å². The molecule has 160 valence electrons. The standard InChI is InChI=1S/C22H21N3O5S/c1-14-19(12-15-4-6-17-18(11-15)30-13-29-17)31-22(24-14)25-21(27)8-9-23-20(26)7-5-16-3-2-10-28-16/h2-7,10-11H,8-9,12-13H2,1H3,(H,23,26)(H,24,25,27)/b7-5+. The van der Waals surface area contributed by atoms with E-state index >= 15 is 0 Å². The first-order chi connectivity index (χ1) is 15.1. The van der Waals surface area contributed by atoms with Gasteiger partial charge in [-0.25, -0.2) is 4.98 Å². The van der Waals surface area contributed by atoms with Crippen molar-refractivity contribution in [3.8, 4) is 11.5 Å². The quantitative estimate of drug-likeness (QED) is 0.521. The van der Waals surface area contributed by atoms with Crippen LogP contribution in [0.25, 0.3) is 6.08 Å². The van der Waals surface area contributed by atoms with E-state index in [1.54, 1.807) is 18.2 Å². The van der Waals surface area contributed by atoms with Crippen molar-refractivity contribution >= 4 is 34.4 Å². The molecule has 0 fully saturated rings. The molecule has 0 unspecified atom stereocenters. The van der Waals surface area contributed by atoms with Gasteiger partial charge in [0.15, 0.2) is 16.6 Å². The predicted octanol–water partition coefficient (Wildman–Crippen LogP) is 3.52. The Bertz CT molecular complexity index is 1100. The number of hydrogen-bond donors (Lipinski definition) is 2. The number of nitrogens with zero attached hydrogens (tertiary/aromatic N) is 1. The Labute approximate surface area is 182 Å². The number of aryl methyl sites for hydroxylation is 1. The van der Waals surface area contributed by atoms with Gasteiger partial charge in [-0.3, -0.25) is 9.59 Å². The molecular formula is C22H21N3O5S. The third-order valence-electron chi connectivity index (χ3n) is 4.53. The fraction of sp³-hybridized carbons (Fsp3) is 0.227. The number of ether oxygens (including phenoxy) is 2. The molecule has 0 aliphatic carbocycles. The zero-order valence-electron chi connectivity index (χ0n) is 16.8. The lowest BCUT2D eigenvalue weighted by molar-refractivity contribution is -0.117. The Balaban J connectivity index is 1.25. The van der Waals surface area contributed by atoms with E-state index in [0.717, 1.165) is 27.6 Å². The maximum Gasteiger partial charge on any atom is 0.244 e. The molecule has 8 nitrogen and oxygen atoms in total. The summed E-state index contributed by atoms with van der Waals surface area (Å²) in [7, 11) is 0. The van der Waals surface area contributed by atoms with Crippen LogP contribution in [-0.4, -0.2) is 30.1 Å². The topological polar surface area (TPSA) is 103 Å². The molecule has 0 atom stereocenters. The van der Waals surface area contributed by atoms with Crippen molar-refractivity contribution in [2.45, 2.75) is 19.8 Å². The number of benzene rings is 1. The lowest BCUT2D eigenvalue weighted by Crippen LogP contribution is -2.26. The minimum Gasteiger partial charge on any atom is -0.465 e. The SMILES string of the molecule is Cc1nc(NC(=O)CCNC(=O)/C=C/c2ccco2)sc1Cc1ccc2c(c1)OCO2. The molecule has 4 rings (SSSR count). The molecule has 2 aromatic heterocycles. The highest BCUT2D eigenvalue weighted by atomic mass is 32.1. The summed E-state index contributed by atoms with van der Waals surface area (Å²) in [6.45, 7) is 2.39. The smallest absolute Gasteiger partial charge is 0.244 e. The normalized spacial score (nSPS) is 12.3. The molecule has 1 aromatic carbocycles. The Kier molecular flexibility index (Phi) is 6.32. The van der Waals surface area contributed by atoms with Gasteiger partial charge in [-0.1, -0.05) is 6.07 Å². The molecule has 2 N–H and O–H groups in total. The molecule has 1 aliphatic heterocycles. The van der Waals surface area contributed by atoms with Gasteiger partial charge in [-0.2, -0.15) is 0 Å². The van der Waals surface area contributed by atoms with E-state index in [2.05, 4.69) is 15.6 Å². The molecule has 0 bridgehead atoms. The van der Waals surface area contributed by atoms with E-state index in [-0.39, 0.29) is 31.6 Å². The summed E-state index contributed by atoms with van der Waals surface area (Å²) in [6.07, 6.45) is 5.30. The molecule has 2 amide bonds. The Morgan fingerprint density at radius 2 is 2.10 bits per heavy atom. The van der Waals surface area contributed by atoms with Crippen LogP contribution in [-0.2, 0) is 16.0 Å². The average Bonchev–Trinajstić information content (AvgIpc) is 3.48. The lowest BCUT2D eigenvalue weighted by Gasteiger charge is -2.03. The van der Waals surface area contributed by atoms with Crippen LogP contribution in [0.4, 0.5) is 5.13 Å². The second kappa shape index (κ2) is 9.48. The van der Waals surface area contributed by atoms with Crippen LogP contribution in [0, 0.1) is 6.92 Å². The van der Waals surface area contributed by atoms with Crippen molar-refractivity contribution in [3.05, 3.63) is 64.6 Å². The molecule has 0 saturated heterocycles. The molecule has 3 aromatic rings. The van der Waals surface area contributed by atoms with Crippen molar-refractivity contribution < 1.29 is 23.5 Å². The van der Waals surface area contributed by atoms with Crippen LogP contribution in [0.2, 0.25) is 0 Å². The number of furan rings is 1. The molecule has 0 spiro atoms. The third-order valence-corrected chi connectivity index (χ3v) is 5.61. The maximum atomic E-state index is 12.2. The monoisotopic (exact) mass is 439 g/mol. The number of carbonyl (C=O) groups is 2. The summed E-state index contributed by atoms with van der Waals surface area (Å²) in [5.74, 6) is 1.58. The van der Waals surface area contributed by atoms with E-state index < -0.39 is 0 Å². The number of rotatable bonds is 8. The van der Waals surface area contributed by atoms with E-state index in [9.17, 15) is 9.59 Å². The van der Waals surface area contributed by atoms with Gasteiger partial charge in [0.1, 0.15) is 5.76 Å². The van der Waals surface area contributed by atoms with Crippen LogP contribution >= 0.6 is 11.3 Å². The molecule has 0 saturated carbocycles. The first-order valence-electron chi connectivity index (χ1n) is 9.71. The molecule has 9 heteroatoms. The van der Waals surface area contributed by atoms with Crippen molar-refractivity contribution in [1.29, 1.82) is 0 Å². The Hall–Kier alpha value is -3.59. The van der Waals surface area contributed by atoms with Gasteiger partial charge >= 0.3 is 0 Å². The summed E-state index contributed by atoms with van der Waals surface area (Å²) < 4.78 is 15.9. The molecule has 31 heavy (non-hydrogen) atoms. The Morgan fingerprint density at radius 3 is 2.94 bits per heavy atom. The molecule has 0 radical (unpaired) electrons. The summed E-state index contributed by atoms with van der Waals surface area (Å²) in [5.41, 5.74) is 1.95. The number of nitrogens with one attached hydrogen (secondary N) is 2. The minimum absolute atomic E-state index is 0.149. The fourth-order valence-electron chi connectivity index (χ4n) is 2.97. The summed E-state index contributed by atoms with van der Waals surface area (Å²) in [6, 6.07) is 9.34. The second-order valence-electron chi connectivity index (χ2n) is 6.83. The van der Waals surface area contributed by atoms with Crippen molar-refractivity contribution in [1.82, 2.24) is 10.3 Å². The van der Waals surface area contributed by atoms with Gasteiger partial charge in [-0.15, -0.1) is 11.3 Å². The summed E-state index contributed by atoms with van der Waals surface area (Å²) in [4.78, 5) is 29.5. The summed E-state index contributed by atoms with van der Waals surface area (Å²) in [5, 5.41) is 6.01. The number of anilines is 1. The van der Waals surface area contributed by atoms with Gasteiger partial charge in [0.2, 0.25) is 18.6 Å². The van der Waals surface area contributed by atoms with Crippen LogP contribution in [0.5, 0.6) is 11.5 Å². The van der Waals surface area contributed by atoms with Gasteiger partial charge in [0.25, 0.3) is 0 Å². The predicted molar refractivity (Wildman–Crippen MR) is 116 cm³/mol. The van der Waals surface area contributed by atoms with Gasteiger partial charge in [-0.05, 0) is 42.8 Å². The van der Waals surface area contributed by atoms with Crippen LogP contribution in [0.1, 0.15) is 28.3 Å². The van der Waals surface area contributed by atoms with Crippen LogP contribution in [0.15, 0.2) is 47.1 Å². The van der Waals surface area contributed by atoms with E-state index in [1.165, 1.54) is 23.7 Å². The molecular weight excluding hydrogens is 418 g/mol. The van der Waals surface area contributed by atoms with Gasteiger partial charge in [0, 0.05) is 30.3 Å². The zero-order chi connectivity index (χ0) is 21.6. The average molecular weight is 439 g/mol. The van der Waals surface area contributed by atoms with Crippen molar-refractivity contribution in [2.24, 2.45) is 0 Å². The number of thiazole rings is 1. The van der Waals surface area contributed by atoms with E-state index in [4.69, 9.17) is 13.9 Å². The summed E-state index contributed by atoms with van der Waals surface area (Å²) >= 11 is 1.44. The van der Waals surface area contributed by atoms with Gasteiger partial charge < -0.3 is 24.5 Å². The molecule has 3 heterocycles. The Morgan fingerprint density at radius 1 is 1.23 bits per heavy atom. The number of hydrogen-bond acceptors (Lipinski definition) is 7. The fourth-order valence-corrected chi connectivity index (χ4v) is 3.98. The number of aromatic nitrogens is 1. The number of carbonyl (C=O) groups excluding carboxylic acids is 2. The number of amides is 2. The highest BCUT2D eigenvalue weighted by molar-refractivity contribution is 7.15. The van der Waals surface area contributed by atoms with Crippen molar-refractivity contribution in [2.75, 3.05) is 18.7 Å². The third kappa shape index (κ3) is 5.52. The minimum atomic E-state index is -0.291. The first kappa shape index (κ1) is 20.7. The largest absolute Gasteiger partial charge is 0.465 e. The van der Waals surface area contributed by atoms with Crippen LogP contribution in [0.3, 0.4) is 0 Å².